The first-order chi connectivity index (χ1) is 15.7. The number of methoxy groups -OCH3 is 1. The summed E-state index contributed by atoms with van der Waals surface area (Å²) in [6.45, 7) is 6.48. The zero-order valence-electron chi connectivity index (χ0n) is 19.4. The first kappa shape index (κ1) is 25.2. The van der Waals surface area contributed by atoms with Crippen molar-refractivity contribution < 1.29 is 27.5 Å². The summed E-state index contributed by atoms with van der Waals surface area (Å²) in [7, 11) is -2.43. The van der Waals surface area contributed by atoms with Gasteiger partial charge in [0.25, 0.3) is 5.91 Å². The minimum absolute atomic E-state index is 0.0382. The number of benzene rings is 1. The van der Waals surface area contributed by atoms with E-state index in [2.05, 4.69) is 5.32 Å². The second kappa shape index (κ2) is 10.7. The molecule has 33 heavy (non-hydrogen) atoms. The van der Waals surface area contributed by atoms with Gasteiger partial charge in [0.15, 0.2) is 0 Å². The van der Waals surface area contributed by atoms with Crippen molar-refractivity contribution in [3.8, 4) is 5.75 Å². The Labute approximate surface area is 198 Å². The van der Waals surface area contributed by atoms with Crippen molar-refractivity contribution in [2.45, 2.75) is 51.3 Å². The van der Waals surface area contributed by atoms with E-state index in [1.165, 1.54) is 41.0 Å². The van der Waals surface area contributed by atoms with Crippen molar-refractivity contribution in [2.24, 2.45) is 0 Å². The fourth-order valence-electron chi connectivity index (χ4n) is 3.78. The molecule has 1 aromatic carbocycles. The third-order valence-corrected chi connectivity index (χ3v) is 8.74. The van der Waals surface area contributed by atoms with Gasteiger partial charge in [0.2, 0.25) is 10.0 Å². The van der Waals surface area contributed by atoms with Crippen LogP contribution in [0, 0.1) is 13.8 Å². The van der Waals surface area contributed by atoms with Crippen LogP contribution in [0.5, 0.6) is 5.75 Å². The summed E-state index contributed by atoms with van der Waals surface area (Å²) in [6, 6.07) is 4.33. The Morgan fingerprint density at radius 1 is 1.12 bits per heavy atom. The summed E-state index contributed by atoms with van der Waals surface area (Å²) in [5.74, 6) is -0.837. The predicted molar refractivity (Wildman–Crippen MR) is 128 cm³/mol. The summed E-state index contributed by atoms with van der Waals surface area (Å²) < 4.78 is 38.6. The van der Waals surface area contributed by atoms with Gasteiger partial charge in [-0.3, -0.25) is 4.79 Å². The van der Waals surface area contributed by atoms with Crippen molar-refractivity contribution in [1.29, 1.82) is 0 Å². The Morgan fingerprint density at radius 3 is 2.39 bits per heavy atom. The van der Waals surface area contributed by atoms with Gasteiger partial charge in [0.05, 0.1) is 19.3 Å². The molecule has 1 saturated heterocycles. The van der Waals surface area contributed by atoms with E-state index in [0.29, 0.717) is 23.7 Å². The first-order valence-corrected chi connectivity index (χ1v) is 13.2. The van der Waals surface area contributed by atoms with Crippen LogP contribution in [0.4, 0.5) is 5.00 Å². The standard InChI is InChI=1S/C23H30N2O6S2/c1-5-31-23(27)20-15(2)16(3)32-22(20)24-21(26)17-10-11-18(30-4)19(14-17)33(28,29)25-12-8-6-7-9-13-25/h10-11,14H,5-9,12-13H2,1-4H3,(H,24,26). The molecular formula is C23H30N2O6S2. The molecule has 0 atom stereocenters. The molecule has 1 fully saturated rings. The van der Waals surface area contributed by atoms with Crippen molar-refractivity contribution >= 4 is 38.2 Å². The maximum atomic E-state index is 13.4. The number of sulfonamides is 1. The average molecular weight is 495 g/mol. The molecule has 3 rings (SSSR count). The van der Waals surface area contributed by atoms with E-state index in [0.717, 1.165) is 36.1 Å². The van der Waals surface area contributed by atoms with Crippen LogP contribution in [-0.4, -0.2) is 51.4 Å². The molecule has 8 nitrogen and oxygen atoms in total. The highest BCUT2D eigenvalue weighted by molar-refractivity contribution is 7.89. The number of nitrogens with one attached hydrogen (secondary N) is 1. The number of thiophene rings is 1. The molecule has 0 bridgehead atoms. The zero-order chi connectivity index (χ0) is 24.2. The Hall–Kier alpha value is -2.43. The number of carbonyl (C=O) groups is 2. The monoisotopic (exact) mass is 494 g/mol. The minimum Gasteiger partial charge on any atom is -0.495 e. The number of esters is 1. The second-order valence-corrected chi connectivity index (χ2v) is 11.0. The molecule has 0 saturated carbocycles. The number of aryl methyl sites for hydroxylation is 1. The van der Waals surface area contributed by atoms with Gasteiger partial charge in [-0.2, -0.15) is 4.31 Å². The van der Waals surface area contributed by atoms with Crippen LogP contribution in [0.25, 0.3) is 0 Å². The second-order valence-electron chi connectivity index (χ2n) is 7.85. The van der Waals surface area contributed by atoms with E-state index < -0.39 is 21.9 Å². The van der Waals surface area contributed by atoms with Gasteiger partial charge in [-0.15, -0.1) is 11.3 Å². The van der Waals surface area contributed by atoms with Gasteiger partial charge in [-0.05, 0) is 57.4 Å². The molecule has 1 N–H and O–H groups in total. The highest BCUT2D eigenvalue weighted by Crippen LogP contribution is 2.34. The van der Waals surface area contributed by atoms with Crippen LogP contribution in [0.1, 0.15) is 63.8 Å². The number of ether oxygens (including phenoxy) is 2. The Morgan fingerprint density at radius 2 is 1.79 bits per heavy atom. The van der Waals surface area contributed by atoms with Gasteiger partial charge in [-0.25, -0.2) is 13.2 Å². The third-order valence-electron chi connectivity index (χ3n) is 5.70. The molecule has 10 heteroatoms. The normalized spacial score (nSPS) is 15.0. The lowest BCUT2D eigenvalue weighted by Gasteiger charge is -2.21. The molecule has 0 unspecified atom stereocenters. The molecule has 1 amide bonds. The summed E-state index contributed by atoms with van der Waals surface area (Å²) >= 11 is 1.28. The molecule has 2 heterocycles. The van der Waals surface area contributed by atoms with Crippen molar-refractivity contribution in [2.75, 3.05) is 32.1 Å². The lowest BCUT2D eigenvalue weighted by molar-refractivity contribution is 0.0527. The van der Waals surface area contributed by atoms with Crippen LogP contribution in [0.2, 0.25) is 0 Å². The smallest absolute Gasteiger partial charge is 0.341 e. The highest BCUT2D eigenvalue weighted by Gasteiger charge is 2.30. The molecule has 0 aliphatic carbocycles. The molecule has 1 aliphatic heterocycles. The number of rotatable bonds is 7. The van der Waals surface area contributed by atoms with Gasteiger partial charge in [0, 0.05) is 23.5 Å². The number of hydrogen-bond donors (Lipinski definition) is 1. The predicted octanol–water partition coefficient (Wildman–Crippen LogP) is 4.37. The lowest BCUT2D eigenvalue weighted by Crippen LogP contribution is -2.32. The summed E-state index contributed by atoms with van der Waals surface area (Å²) in [6.07, 6.45) is 3.59. The highest BCUT2D eigenvalue weighted by atomic mass is 32.2. The van der Waals surface area contributed by atoms with Crippen LogP contribution in [-0.2, 0) is 14.8 Å². The van der Waals surface area contributed by atoms with Crippen molar-refractivity contribution in [3.05, 3.63) is 39.8 Å². The SMILES string of the molecule is CCOC(=O)c1c(NC(=O)c2ccc(OC)c(S(=O)(=O)N3CCCCCC3)c2)sc(C)c1C. The van der Waals surface area contributed by atoms with Gasteiger partial charge in [-0.1, -0.05) is 12.8 Å². The van der Waals surface area contributed by atoms with Crippen molar-refractivity contribution in [1.82, 2.24) is 4.31 Å². The Kier molecular flexibility index (Phi) is 8.14. The van der Waals surface area contributed by atoms with Gasteiger partial charge < -0.3 is 14.8 Å². The lowest BCUT2D eigenvalue weighted by atomic mass is 10.1. The summed E-state index contributed by atoms with van der Waals surface area (Å²) in [4.78, 5) is 26.3. The topological polar surface area (TPSA) is 102 Å². The maximum absolute atomic E-state index is 13.4. The van der Waals surface area contributed by atoms with E-state index >= 15 is 0 Å². The number of nitrogens with zero attached hydrogens (tertiary/aromatic N) is 1. The van der Waals surface area contributed by atoms with E-state index in [1.807, 2.05) is 6.92 Å². The molecule has 2 aromatic rings. The van der Waals surface area contributed by atoms with Gasteiger partial charge >= 0.3 is 5.97 Å². The van der Waals surface area contributed by atoms with E-state index in [9.17, 15) is 18.0 Å². The minimum atomic E-state index is -3.83. The number of anilines is 1. The quantitative estimate of drug-likeness (QED) is 0.574. The average Bonchev–Trinajstić information content (AvgIpc) is 2.96. The van der Waals surface area contributed by atoms with E-state index in [4.69, 9.17) is 9.47 Å². The largest absolute Gasteiger partial charge is 0.495 e. The number of amides is 1. The zero-order valence-corrected chi connectivity index (χ0v) is 21.0. The molecule has 180 valence electrons. The maximum Gasteiger partial charge on any atom is 0.341 e. The fourth-order valence-corrected chi connectivity index (χ4v) is 6.52. The van der Waals surface area contributed by atoms with E-state index in [1.54, 1.807) is 13.8 Å². The molecule has 1 aliphatic rings. The van der Waals surface area contributed by atoms with Gasteiger partial charge in [0.1, 0.15) is 15.6 Å². The Bertz CT molecular complexity index is 1130. The number of carbonyl (C=O) groups excluding carboxylic acids is 2. The first-order valence-electron chi connectivity index (χ1n) is 11.0. The molecule has 0 radical (unpaired) electrons. The van der Waals surface area contributed by atoms with Crippen LogP contribution in [0.3, 0.4) is 0 Å². The van der Waals surface area contributed by atoms with E-state index in [-0.39, 0.29) is 22.8 Å². The molecule has 0 spiro atoms. The summed E-state index contributed by atoms with van der Waals surface area (Å²) in [5.41, 5.74) is 1.22. The van der Waals surface area contributed by atoms with Crippen molar-refractivity contribution in [3.63, 3.8) is 0 Å². The summed E-state index contributed by atoms with van der Waals surface area (Å²) in [5, 5.41) is 3.14. The van der Waals surface area contributed by atoms with Crippen LogP contribution < -0.4 is 10.1 Å². The number of hydrogen-bond acceptors (Lipinski definition) is 7. The third kappa shape index (κ3) is 5.39. The van der Waals surface area contributed by atoms with Crippen LogP contribution in [0.15, 0.2) is 23.1 Å². The van der Waals surface area contributed by atoms with Crippen LogP contribution >= 0.6 is 11.3 Å². The fraction of sp³-hybridized carbons (Fsp3) is 0.478. The Balaban J connectivity index is 1.95. The molecular weight excluding hydrogens is 464 g/mol. The molecule has 1 aromatic heterocycles.